The molecule has 0 bridgehead atoms. The molecule has 0 N–H and O–H groups in total. The molecule has 0 amide bonds. The molecule has 0 aliphatic rings. The molecule has 0 radical (unpaired) electrons. The first-order valence-electron chi connectivity index (χ1n) is 5.47. The summed E-state index contributed by atoms with van der Waals surface area (Å²) in [6.07, 6.45) is 0.101. The Kier molecular flexibility index (Phi) is 4.80. The van der Waals surface area contributed by atoms with Crippen LogP contribution in [0.15, 0.2) is 16.6 Å². The van der Waals surface area contributed by atoms with Gasteiger partial charge in [0.15, 0.2) is 0 Å². The largest absolute Gasteiger partial charge is 0.300 e. The Hall–Kier alpha value is -0.770. The van der Waals surface area contributed by atoms with Crippen molar-refractivity contribution in [3.8, 4) is 0 Å². The highest BCUT2D eigenvalue weighted by Gasteiger charge is 2.23. The Morgan fingerprint density at radius 2 is 1.94 bits per heavy atom. The molecule has 1 aromatic rings. The monoisotopic (exact) mass is 304 g/mol. The van der Waals surface area contributed by atoms with Crippen LogP contribution in [0.3, 0.4) is 0 Å². The van der Waals surface area contributed by atoms with Crippen LogP contribution in [0.5, 0.6) is 0 Å². The zero-order valence-corrected chi connectivity index (χ0v) is 11.6. The molecule has 17 heavy (non-hydrogen) atoms. The molecule has 0 saturated heterocycles. The quantitative estimate of drug-likeness (QED) is 0.764. The van der Waals surface area contributed by atoms with Crippen molar-refractivity contribution in [2.24, 2.45) is 11.8 Å². The van der Waals surface area contributed by atoms with Gasteiger partial charge < -0.3 is 0 Å². The van der Waals surface area contributed by atoms with Gasteiger partial charge >= 0.3 is 0 Å². The lowest BCUT2D eigenvalue weighted by Crippen LogP contribution is -2.21. The van der Waals surface area contributed by atoms with E-state index in [0.29, 0.717) is 0 Å². The van der Waals surface area contributed by atoms with Crippen molar-refractivity contribution in [2.75, 3.05) is 0 Å². The highest BCUT2D eigenvalue weighted by Crippen LogP contribution is 2.26. The minimum Gasteiger partial charge on any atom is -0.300 e. The highest BCUT2D eigenvalue weighted by molar-refractivity contribution is 9.10. The number of hydrogen-bond acceptors (Lipinski definition) is 1. The van der Waals surface area contributed by atoms with Gasteiger partial charge in [-0.15, -0.1) is 0 Å². The van der Waals surface area contributed by atoms with Gasteiger partial charge in [-0.1, -0.05) is 13.8 Å². The highest BCUT2D eigenvalue weighted by atomic mass is 79.9. The fourth-order valence-corrected chi connectivity index (χ4v) is 2.20. The van der Waals surface area contributed by atoms with Crippen LogP contribution in [0, 0.1) is 23.5 Å². The lowest BCUT2D eigenvalue weighted by atomic mass is 9.86. The van der Waals surface area contributed by atoms with E-state index in [1.807, 2.05) is 13.8 Å². The third-order valence-electron chi connectivity index (χ3n) is 2.89. The van der Waals surface area contributed by atoms with Crippen LogP contribution in [-0.4, -0.2) is 5.78 Å². The standard InChI is InChI=1S/C13H15BrF2O/c1-7(2)9(8(3)17)6-10-12(15)5-4-11(14)13(10)16/h4-5,7,9H,6H2,1-3H3. The predicted molar refractivity (Wildman–Crippen MR) is 66.8 cm³/mol. The van der Waals surface area contributed by atoms with E-state index in [-0.39, 0.29) is 34.1 Å². The molecule has 1 nitrogen and oxygen atoms in total. The van der Waals surface area contributed by atoms with Crippen molar-refractivity contribution in [2.45, 2.75) is 27.2 Å². The van der Waals surface area contributed by atoms with Crippen LogP contribution in [0.25, 0.3) is 0 Å². The van der Waals surface area contributed by atoms with Gasteiger partial charge in [0, 0.05) is 11.5 Å². The number of carbonyl (C=O) groups excluding carboxylic acids is 1. The van der Waals surface area contributed by atoms with Crippen molar-refractivity contribution >= 4 is 21.7 Å². The van der Waals surface area contributed by atoms with Crippen molar-refractivity contribution in [3.05, 3.63) is 33.8 Å². The molecule has 94 valence electrons. The van der Waals surface area contributed by atoms with E-state index in [1.54, 1.807) is 0 Å². The summed E-state index contributed by atoms with van der Waals surface area (Å²) in [5.74, 6) is -1.55. The van der Waals surface area contributed by atoms with Gasteiger partial charge in [0.2, 0.25) is 0 Å². The van der Waals surface area contributed by atoms with E-state index < -0.39 is 11.6 Å². The van der Waals surface area contributed by atoms with Gasteiger partial charge in [-0.3, -0.25) is 4.79 Å². The van der Waals surface area contributed by atoms with Gasteiger partial charge in [-0.2, -0.15) is 0 Å². The van der Waals surface area contributed by atoms with Crippen LogP contribution in [0.2, 0.25) is 0 Å². The molecule has 0 saturated carbocycles. The minimum absolute atomic E-state index is 0.0201. The molecule has 0 fully saturated rings. The third-order valence-corrected chi connectivity index (χ3v) is 3.50. The lowest BCUT2D eigenvalue weighted by molar-refractivity contribution is -0.121. The molecule has 1 atom stereocenters. The fourth-order valence-electron chi connectivity index (χ4n) is 1.82. The summed E-state index contributed by atoms with van der Waals surface area (Å²) in [5, 5.41) is 0. The van der Waals surface area contributed by atoms with Gasteiger partial charge in [0.25, 0.3) is 0 Å². The summed E-state index contributed by atoms with van der Waals surface area (Å²) in [4.78, 5) is 11.4. The smallest absolute Gasteiger partial charge is 0.143 e. The number of Topliss-reactive ketones (excluding diaryl/α,β-unsaturated/α-hetero) is 1. The van der Waals surface area contributed by atoms with Crippen molar-refractivity contribution < 1.29 is 13.6 Å². The second kappa shape index (κ2) is 5.71. The molecule has 0 aliphatic carbocycles. The molecule has 0 heterocycles. The van der Waals surface area contributed by atoms with E-state index in [2.05, 4.69) is 15.9 Å². The maximum atomic E-state index is 13.8. The van der Waals surface area contributed by atoms with Crippen LogP contribution in [0.4, 0.5) is 8.78 Å². The van der Waals surface area contributed by atoms with Crippen molar-refractivity contribution in [3.63, 3.8) is 0 Å². The summed E-state index contributed by atoms with van der Waals surface area (Å²) in [7, 11) is 0. The molecule has 1 unspecified atom stereocenters. The van der Waals surface area contributed by atoms with Crippen LogP contribution in [-0.2, 0) is 11.2 Å². The Morgan fingerprint density at radius 1 is 1.35 bits per heavy atom. The molecular formula is C13H15BrF2O. The number of hydrogen-bond donors (Lipinski definition) is 0. The molecule has 1 aromatic carbocycles. The normalized spacial score (nSPS) is 12.9. The molecular weight excluding hydrogens is 290 g/mol. The van der Waals surface area contributed by atoms with Crippen molar-refractivity contribution in [1.82, 2.24) is 0 Å². The lowest BCUT2D eigenvalue weighted by Gasteiger charge is -2.18. The summed E-state index contributed by atoms with van der Waals surface area (Å²) in [6.45, 7) is 5.21. The molecule has 0 aliphatic heterocycles. The Labute approximate surface area is 108 Å². The van der Waals surface area contributed by atoms with E-state index in [4.69, 9.17) is 0 Å². The first-order chi connectivity index (χ1) is 7.84. The zero-order chi connectivity index (χ0) is 13.2. The first kappa shape index (κ1) is 14.3. The number of halogens is 3. The fraction of sp³-hybridized carbons (Fsp3) is 0.462. The predicted octanol–water partition coefficient (Wildman–Crippen LogP) is 4.13. The summed E-state index contributed by atoms with van der Waals surface area (Å²) in [6, 6.07) is 2.53. The van der Waals surface area contributed by atoms with Gasteiger partial charge in [0.05, 0.1) is 4.47 Å². The second-order valence-electron chi connectivity index (χ2n) is 4.49. The Balaban J connectivity index is 3.09. The van der Waals surface area contributed by atoms with Gasteiger partial charge in [-0.05, 0) is 47.3 Å². The number of carbonyl (C=O) groups is 1. The van der Waals surface area contributed by atoms with E-state index >= 15 is 0 Å². The number of benzene rings is 1. The summed E-state index contributed by atoms with van der Waals surface area (Å²) >= 11 is 3.02. The van der Waals surface area contributed by atoms with Crippen LogP contribution >= 0.6 is 15.9 Å². The maximum Gasteiger partial charge on any atom is 0.143 e. The topological polar surface area (TPSA) is 17.1 Å². The van der Waals surface area contributed by atoms with Crippen molar-refractivity contribution in [1.29, 1.82) is 0 Å². The van der Waals surface area contributed by atoms with Gasteiger partial charge in [-0.25, -0.2) is 8.78 Å². The molecule has 0 aromatic heterocycles. The summed E-state index contributed by atoms with van der Waals surface area (Å²) in [5.41, 5.74) is -0.0201. The molecule has 1 rings (SSSR count). The molecule has 0 spiro atoms. The number of ketones is 1. The van der Waals surface area contributed by atoms with Gasteiger partial charge in [0.1, 0.15) is 17.4 Å². The Morgan fingerprint density at radius 3 is 2.41 bits per heavy atom. The average molecular weight is 305 g/mol. The van der Waals surface area contributed by atoms with Crippen LogP contribution in [0.1, 0.15) is 26.3 Å². The van der Waals surface area contributed by atoms with Crippen LogP contribution < -0.4 is 0 Å². The number of rotatable bonds is 4. The summed E-state index contributed by atoms with van der Waals surface area (Å²) < 4.78 is 27.5. The average Bonchev–Trinajstić information content (AvgIpc) is 2.23. The first-order valence-corrected chi connectivity index (χ1v) is 6.26. The Bertz CT molecular complexity index is 430. The third kappa shape index (κ3) is 3.35. The molecule has 4 heteroatoms. The second-order valence-corrected chi connectivity index (χ2v) is 5.34. The maximum absolute atomic E-state index is 13.8. The van der Waals surface area contributed by atoms with E-state index in [9.17, 15) is 13.6 Å². The SMILES string of the molecule is CC(=O)C(Cc1c(F)ccc(Br)c1F)C(C)C. The minimum atomic E-state index is -0.614. The van der Waals surface area contributed by atoms with E-state index in [1.165, 1.54) is 19.1 Å². The zero-order valence-electron chi connectivity index (χ0n) is 10.1. The van der Waals surface area contributed by atoms with E-state index in [0.717, 1.165) is 0 Å².